The predicted molar refractivity (Wildman–Crippen MR) is 88.1 cm³/mol. The number of benzene rings is 1. The molecule has 21 heavy (non-hydrogen) atoms. The molecule has 1 aromatic rings. The van der Waals surface area contributed by atoms with E-state index in [2.05, 4.69) is 37.3 Å². The van der Waals surface area contributed by atoms with Crippen LogP contribution in [0.25, 0.3) is 0 Å². The van der Waals surface area contributed by atoms with Crippen molar-refractivity contribution in [3.63, 3.8) is 0 Å². The lowest BCUT2D eigenvalue weighted by Gasteiger charge is -2.26. The average Bonchev–Trinajstić information content (AvgIpc) is 2.46. The maximum absolute atomic E-state index is 12.3. The SMILES string of the molecule is CCN(CC)[C@H](C)CNS(=O)(=O)c1ccc(C(C)C)cc1. The first-order chi connectivity index (χ1) is 9.81. The van der Waals surface area contributed by atoms with E-state index in [0.29, 0.717) is 17.4 Å². The fourth-order valence-corrected chi connectivity index (χ4v) is 3.44. The molecule has 0 saturated heterocycles. The number of nitrogens with one attached hydrogen (secondary N) is 1. The summed E-state index contributed by atoms with van der Waals surface area (Å²) in [4.78, 5) is 2.56. The van der Waals surface area contributed by atoms with Crippen molar-refractivity contribution in [2.75, 3.05) is 19.6 Å². The van der Waals surface area contributed by atoms with Crippen molar-refractivity contribution < 1.29 is 8.42 Å². The van der Waals surface area contributed by atoms with Gasteiger partial charge in [-0.3, -0.25) is 4.90 Å². The molecule has 4 nitrogen and oxygen atoms in total. The van der Waals surface area contributed by atoms with Gasteiger partial charge in [-0.1, -0.05) is 39.8 Å². The van der Waals surface area contributed by atoms with Crippen LogP contribution in [0.1, 0.15) is 46.1 Å². The monoisotopic (exact) mass is 312 g/mol. The van der Waals surface area contributed by atoms with Crippen LogP contribution in [0.5, 0.6) is 0 Å². The van der Waals surface area contributed by atoms with Gasteiger partial charge in [0.1, 0.15) is 0 Å². The molecule has 0 aliphatic carbocycles. The van der Waals surface area contributed by atoms with Gasteiger partial charge in [0.05, 0.1) is 4.90 Å². The summed E-state index contributed by atoms with van der Waals surface area (Å²) in [7, 11) is -3.42. The van der Waals surface area contributed by atoms with Crippen molar-refractivity contribution in [3.05, 3.63) is 29.8 Å². The first kappa shape index (κ1) is 18.1. The Bertz CT molecular complexity index is 520. The Labute approximate surface area is 129 Å². The van der Waals surface area contributed by atoms with Crippen molar-refractivity contribution >= 4 is 10.0 Å². The lowest BCUT2D eigenvalue weighted by molar-refractivity contribution is 0.232. The maximum Gasteiger partial charge on any atom is 0.240 e. The third kappa shape index (κ3) is 5.09. The first-order valence-corrected chi connectivity index (χ1v) is 9.13. The molecule has 120 valence electrons. The topological polar surface area (TPSA) is 49.4 Å². The van der Waals surface area contributed by atoms with Gasteiger partial charge in [-0.15, -0.1) is 0 Å². The zero-order valence-electron chi connectivity index (χ0n) is 13.8. The second-order valence-electron chi connectivity index (χ2n) is 5.65. The normalized spacial score (nSPS) is 13.9. The molecular weight excluding hydrogens is 284 g/mol. The van der Waals surface area contributed by atoms with Crippen LogP contribution in [-0.2, 0) is 10.0 Å². The van der Waals surface area contributed by atoms with Gasteiger partial charge in [0.25, 0.3) is 0 Å². The van der Waals surface area contributed by atoms with Crippen molar-refractivity contribution in [1.82, 2.24) is 9.62 Å². The Balaban J connectivity index is 2.73. The minimum atomic E-state index is -3.42. The highest BCUT2D eigenvalue weighted by atomic mass is 32.2. The molecule has 0 aliphatic rings. The molecule has 1 atom stereocenters. The highest BCUT2D eigenvalue weighted by Crippen LogP contribution is 2.17. The zero-order chi connectivity index (χ0) is 16.0. The number of hydrogen-bond donors (Lipinski definition) is 1. The Morgan fingerprint density at radius 3 is 2.00 bits per heavy atom. The highest BCUT2D eigenvalue weighted by Gasteiger charge is 2.17. The largest absolute Gasteiger partial charge is 0.300 e. The molecule has 0 bridgehead atoms. The van der Waals surface area contributed by atoms with Crippen LogP contribution in [0.3, 0.4) is 0 Å². The molecule has 0 fully saturated rings. The van der Waals surface area contributed by atoms with Crippen LogP contribution in [-0.4, -0.2) is 39.0 Å². The lowest BCUT2D eigenvalue weighted by Crippen LogP contribution is -2.41. The van der Waals surface area contributed by atoms with Crippen LogP contribution in [0, 0.1) is 0 Å². The third-order valence-electron chi connectivity index (χ3n) is 3.86. The summed E-state index contributed by atoms with van der Waals surface area (Å²) in [5.74, 6) is 0.400. The standard InChI is InChI=1S/C16H28N2O2S/c1-6-18(7-2)14(5)12-17-21(19,20)16-10-8-15(9-11-16)13(3)4/h8-11,13-14,17H,6-7,12H2,1-5H3/t14-/m1/s1. The highest BCUT2D eigenvalue weighted by molar-refractivity contribution is 7.89. The molecule has 0 saturated carbocycles. The van der Waals surface area contributed by atoms with Crippen molar-refractivity contribution in [1.29, 1.82) is 0 Å². The van der Waals surface area contributed by atoms with E-state index in [1.165, 1.54) is 0 Å². The fourth-order valence-electron chi connectivity index (χ4n) is 2.32. The Kier molecular flexibility index (Phi) is 6.84. The summed E-state index contributed by atoms with van der Waals surface area (Å²) in [6.07, 6.45) is 0. The van der Waals surface area contributed by atoms with E-state index in [-0.39, 0.29) is 6.04 Å². The lowest BCUT2D eigenvalue weighted by atomic mass is 10.0. The third-order valence-corrected chi connectivity index (χ3v) is 5.30. The molecule has 0 aliphatic heterocycles. The Hall–Kier alpha value is -0.910. The van der Waals surface area contributed by atoms with Gasteiger partial charge < -0.3 is 0 Å². The molecule has 0 amide bonds. The Morgan fingerprint density at radius 2 is 1.57 bits per heavy atom. The van der Waals surface area contributed by atoms with Gasteiger partial charge >= 0.3 is 0 Å². The van der Waals surface area contributed by atoms with Crippen molar-refractivity contribution in [3.8, 4) is 0 Å². The predicted octanol–water partition coefficient (Wildman–Crippen LogP) is 2.82. The summed E-state index contributed by atoms with van der Waals surface area (Å²) in [6, 6.07) is 7.31. The second kappa shape index (κ2) is 7.92. The van der Waals surface area contributed by atoms with E-state index in [1.807, 2.05) is 19.1 Å². The molecule has 1 N–H and O–H groups in total. The number of rotatable bonds is 8. The van der Waals surface area contributed by atoms with Gasteiger partial charge in [-0.05, 0) is 43.6 Å². The number of hydrogen-bond acceptors (Lipinski definition) is 3. The van der Waals surface area contributed by atoms with E-state index in [9.17, 15) is 8.42 Å². The summed E-state index contributed by atoms with van der Waals surface area (Å²) < 4.78 is 27.3. The quantitative estimate of drug-likeness (QED) is 0.803. The van der Waals surface area contributed by atoms with Gasteiger partial charge in [-0.2, -0.15) is 0 Å². The van der Waals surface area contributed by atoms with Gasteiger partial charge in [0, 0.05) is 12.6 Å². The molecular formula is C16H28N2O2S. The molecule has 0 spiro atoms. The molecule has 1 rings (SSSR count). The average molecular weight is 312 g/mol. The molecule has 5 heteroatoms. The maximum atomic E-state index is 12.3. The summed E-state index contributed by atoms with van der Waals surface area (Å²) in [5, 5.41) is 0. The van der Waals surface area contributed by atoms with E-state index >= 15 is 0 Å². The van der Waals surface area contributed by atoms with Gasteiger partial charge in [0.15, 0.2) is 0 Å². The minimum absolute atomic E-state index is 0.185. The van der Waals surface area contributed by atoms with Crippen LogP contribution >= 0.6 is 0 Å². The van der Waals surface area contributed by atoms with Gasteiger partial charge in [0.2, 0.25) is 10.0 Å². The summed E-state index contributed by atoms with van der Waals surface area (Å²) in [6.45, 7) is 12.7. The minimum Gasteiger partial charge on any atom is -0.300 e. The first-order valence-electron chi connectivity index (χ1n) is 7.65. The van der Waals surface area contributed by atoms with Crippen LogP contribution in [0.4, 0.5) is 0 Å². The summed E-state index contributed by atoms with van der Waals surface area (Å²) in [5.41, 5.74) is 1.14. The molecule has 0 unspecified atom stereocenters. The fraction of sp³-hybridized carbons (Fsp3) is 0.625. The second-order valence-corrected chi connectivity index (χ2v) is 7.41. The van der Waals surface area contributed by atoms with E-state index in [0.717, 1.165) is 18.7 Å². The van der Waals surface area contributed by atoms with Crippen LogP contribution < -0.4 is 4.72 Å². The number of sulfonamides is 1. The van der Waals surface area contributed by atoms with E-state index < -0.39 is 10.0 Å². The van der Waals surface area contributed by atoms with Crippen LogP contribution in [0.15, 0.2) is 29.2 Å². The summed E-state index contributed by atoms with van der Waals surface area (Å²) >= 11 is 0. The van der Waals surface area contributed by atoms with Crippen LogP contribution in [0.2, 0.25) is 0 Å². The van der Waals surface area contributed by atoms with Crippen molar-refractivity contribution in [2.24, 2.45) is 0 Å². The van der Waals surface area contributed by atoms with E-state index in [1.54, 1.807) is 12.1 Å². The Morgan fingerprint density at radius 1 is 1.05 bits per heavy atom. The smallest absolute Gasteiger partial charge is 0.240 e. The molecule has 0 heterocycles. The number of likely N-dealkylation sites (N-methyl/N-ethyl adjacent to an activating group) is 1. The van der Waals surface area contributed by atoms with E-state index in [4.69, 9.17) is 0 Å². The zero-order valence-corrected chi connectivity index (χ0v) is 14.6. The number of nitrogens with zero attached hydrogens (tertiary/aromatic N) is 1. The van der Waals surface area contributed by atoms with Gasteiger partial charge in [-0.25, -0.2) is 13.1 Å². The molecule has 1 aromatic carbocycles. The molecule has 0 aromatic heterocycles. The van der Waals surface area contributed by atoms with Crippen molar-refractivity contribution in [2.45, 2.75) is 51.5 Å². The molecule has 0 radical (unpaired) electrons.